The molecule has 1 aliphatic heterocycles. The number of furan rings is 1. The Bertz CT molecular complexity index is 694. The van der Waals surface area contributed by atoms with E-state index in [2.05, 4.69) is 10.00 Å². The molecule has 0 N–H and O–H groups in total. The van der Waals surface area contributed by atoms with E-state index in [-0.39, 0.29) is 16.1 Å². The maximum Gasteiger partial charge on any atom is 0.320 e. The number of carbonyl (C=O) groups excluding carboxylic acids is 1. The molecule has 7 nitrogen and oxygen atoms in total. The molecule has 0 aromatic carbocycles. The Morgan fingerprint density at radius 2 is 2.50 bits per heavy atom. The summed E-state index contributed by atoms with van der Waals surface area (Å²) in [7, 11) is 1.41. The highest BCUT2D eigenvalue weighted by molar-refractivity contribution is 8.00. The first-order chi connectivity index (χ1) is 10.7. The fourth-order valence-corrected chi connectivity index (χ4v) is 3.56. The van der Waals surface area contributed by atoms with Crippen molar-refractivity contribution in [3.05, 3.63) is 23.2 Å². The highest BCUT2D eigenvalue weighted by Gasteiger charge is 2.27. The van der Waals surface area contributed by atoms with Gasteiger partial charge in [0.1, 0.15) is 5.25 Å². The van der Waals surface area contributed by atoms with Gasteiger partial charge in [-0.2, -0.15) is 0 Å². The zero-order valence-corrected chi connectivity index (χ0v) is 13.6. The van der Waals surface area contributed by atoms with Crippen LogP contribution < -0.4 is 0 Å². The Morgan fingerprint density at radius 1 is 1.64 bits per heavy atom. The lowest BCUT2D eigenvalue weighted by molar-refractivity contribution is -0.140. The van der Waals surface area contributed by atoms with Gasteiger partial charge in [0.15, 0.2) is 5.76 Å². The third kappa shape index (κ3) is 3.26. The van der Waals surface area contributed by atoms with Gasteiger partial charge >= 0.3 is 5.97 Å². The lowest BCUT2D eigenvalue weighted by Gasteiger charge is -2.30. The first kappa shape index (κ1) is 15.3. The molecule has 1 aliphatic rings. The van der Waals surface area contributed by atoms with E-state index in [0.29, 0.717) is 24.9 Å². The van der Waals surface area contributed by atoms with Crippen LogP contribution in [0.5, 0.6) is 0 Å². The number of methoxy groups -OCH3 is 1. The maximum absolute atomic E-state index is 11.6. The molecular weight excluding hydrogens is 326 g/mol. The minimum Gasteiger partial charge on any atom is -0.468 e. The van der Waals surface area contributed by atoms with Crippen molar-refractivity contribution in [3.8, 4) is 11.7 Å². The van der Waals surface area contributed by atoms with Crippen molar-refractivity contribution in [1.82, 2.24) is 14.7 Å². The summed E-state index contributed by atoms with van der Waals surface area (Å²) in [6.07, 6.45) is 1.55. The fraction of sp³-hybridized carbons (Fsp3) is 0.462. The molecule has 118 valence electrons. The minimum absolute atomic E-state index is 0.177. The second kappa shape index (κ2) is 6.67. The summed E-state index contributed by atoms with van der Waals surface area (Å²) < 4.78 is 17.1. The molecule has 1 fully saturated rings. The fourth-order valence-electron chi connectivity index (χ4n) is 2.19. The van der Waals surface area contributed by atoms with Crippen molar-refractivity contribution >= 4 is 29.9 Å². The summed E-state index contributed by atoms with van der Waals surface area (Å²) in [4.78, 5) is 14.0. The van der Waals surface area contributed by atoms with Crippen molar-refractivity contribution in [1.29, 1.82) is 0 Å². The number of thioether (sulfide) groups is 1. The summed E-state index contributed by atoms with van der Waals surface area (Å²) >= 11 is 6.80. The average Bonchev–Trinajstić information content (AvgIpc) is 3.17. The van der Waals surface area contributed by atoms with E-state index >= 15 is 0 Å². The van der Waals surface area contributed by atoms with Crippen molar-refractivity contribution in [2.75, 3.05) is 26.0 Å². The van der Waals surface area contributed by atoms with Gasteiger partial charge in [-0.3, -0.25) is 9.69 Å². The predicted octanol–water partition coefficient (Wildman–Crippen LogP) is 2.01. The van der Waals surface area contributed by atoms with Crippen molar-refractivity contribution in [2.45, 2.75) is 11.9 Å². The molecule has 1 saturated heterocycles. The monoisotopic (exact) mass is 341 g/mol. The molecule has 0 saturated carbocycles. The summed E-state index contributed by atoms with van der Waals surface area (Å²) in [6, 6.07) is 3.52. The van der Waals surface area contributed by atoms with Crippen LogP contribution in [0.3, 0.4) is 0 Å². The van der Waals surface area contributed by atoms with Crippen molar-refractivity contribution < 1.29 is 18.4 Å². The zero-order chi connectivity index (χ0) is 15.5. The van der Waals surface area contributed by atoms with Gasteiger partial charge in [-0.25, -0.2) is 4.68 Å². The van der Waals surface area contributed by atoms with Crippen LogP contribution in [0.2, 0.25) is 0 Å². The van der Waals surface area contributed by atoms with Crippen LogP contribution >= 0.6 is 24.0 Å². The topological polar surface area (TPSA) is 73.6 Å². The average molecular weight is 341 g/mol. The minimum atomic E-state index is -0.199. The molecule has 3 rings (SSSR count). The number of esters is 1. The molecule has 9 heteroatoms. The molecule has 2 aromatic heterocycles. The van der Waals surface area contributed by atoms with Crippen LogP contribution in [0, 0.1) is 4.84 Å². The Morgan fingerprint density at radius 3 is 3.23 bits per heavy atom. The largest absolute Gasteiger partial charge is 0.468 e. The van der Waals surface area contributed by atoms with E-state index in [0.717, 1.165) is 12.3 Å². The number of hydrogen-bond donors (Lipinski definition) is 0. The van der Waals surface area contributed by atoms with Crippen LogP contribution in [-0.2, 0) is 16.2 Å². The van der Waals surface area contributed by atoms with Crippen LogP contribution in [0.25, 0.3) is 11.7 Å². The van der Waals surface area contributed by atoms with Crippen molar-refractivity contribution in [2.24, 2.45) is 0 Å². The molecular formula is C13H15N3O4S2. The molecule has 0 amide bonds. The molecule has 22 heavy (non-hydrogen) atoms. The first-order valence-electron chi connectivity index (χ1n) is 6.71. The van der Waals surface area contributed by atoms with Gasteiger partial charge < -0.3 is 13.6 Å². The summed E-state index contributed by atoms with van der Waals surface area (Å²) in [6.45, 7) is 1.92. The SMILES string of the molecule is COC(=O)[C@H]1CN(Cn2nc(-c3ccco3)oc2=S)CCS1. The predicted molar refractivity (Wildman–Crippen MR) is 82.9 cm³/mol. The second-order valence-corrected chi connectivity index (χ2v) is 6.41. The molecule has 1 atom stereocenters. The van der Waals surface area contributed by atoms with Crippen LogP contribution in [0.1, 0.15) is 0 Å². The molecule has 0 unspecified atom stereocenters. The van der Waals surface area contributed by atoms with E-state index in [1.165, 1.54) is 7.11 Å². The van der Waals surface area contributed by atoms with E-state index in [9.17, 15) is 4.79 Å². The summed E-state index contributed by atoms with van der Waals surface area (Å²) in [5.41, 5.74) is 0. The van der Waals surface area contributed by atoms with E-state index in [1.54, 1.807) is 34.8 Å². The quantitative estimate of drug-likeness (QED) is 0.618. The number of ether oxygens (including phenoxy) is 1. The lowest BCUT2D eigenvalue weighted by Crippen LogP contribution is -2.42. The highest BCUT2D eigenvalue weighted by Crippen LogP contribution is 2.21. The number of hydrogen-bond acceptors (Lipinski definition) is 8. The van der Waals surface area contributed by atoms with Gasteiger partial charge in [-0.1, -0.05) is 0 Å². The Labute approximate surface area is 136 Å². The van der Waals surface area contributed by atoms with Gasteiger partial charge in [0, 0.05) is 18.8 Å². The van der Waals surface area contributed by atoms with E-state index in [1.807, 2.05) is 0 Å². The highest BCUT2D eigenvalue weighted by atomic mass is 32.2. The van der Waals surface area contributed by atoms with Gasteiger partial charge in [-0.15, -0.1) is 16.9 Å². The van der Waals surface area contributed by atoms with Crippen molar-refractivity contribution in [3.63, 3.8) is 0 Å². The van der Waals surface area contributed by atoms with E-state index in [4.69, 9.17) is 25.8 Å². The number of nitrogens with zero attached hydrogens (tertiary/aromatic N) is 3. The molecule has 0 bridgehead atoms. The molecule has 2 aromatic rings. The smallest absolute Gasteiger partial charge is 0.320 e. The third-order valence-corrected chi connectivity index (χ3v) is 4.74. The Balaban J connectivity index is 1.71. The molecule has 0 aliphatic carbocycles. The Kier molecular flexibility index (Phi) is 4.65. The number of aromatic nitrogens is 2. The first-order valence-corrected chi connectivity index (χ1v) is 8.16. The van der Waals surface area contributed by atoms with E-state index < -0.39 is 0 Å². The Hall–Kier alpha value is -1.58. The van der Waals surface area contributed by atoms with Gasteiger partial charge in [-0.05, 0) is 24.4 Å². The lowest BCUT2D eigenvalue weighted by atomic mass is 10.3. The van der Waals surface area contributed by atoms with Gasteiger partial charge in [0.2, 0.25) is 0 Å². The maximum atomic E-state index is 11.6. The summed E-state index contributed by atoms with van der Waals surface area (Å²) in [5.74, 6) is 1.54. The van der Waals surface area contributed by atoms with Crippen LogP contribution in [-0.4, -0.2) is 51.9 Å². The number of rotatable bonds is 4. The normalized spacial score (nSPS) is 19.2. The molecule has 3 heterocycles. The summed E-state index contributed by atoms with van der Waals surface area (Å²) in [5, 5.41) is 4.15. The van der Waals surface area contributed by atoms with Gasteiger partial charge in [0.05, 0.1) is 20.0 Å². The number of carbonyl (C=O) groups is 1. The molecule has 0 radical (unpaired) electrons. The van der Waals surface area contributed by atoms with Gasteiger partial charge in [0.25, 0.3) is 10.7 Å². The third-order valence-electron chi connectivity index (χ3n) is 3.29. The second-order valence-electron chi connectivity index (χ2n) is 4.75. The van der Waals surface area contributed by atoms with Crippen LogP contribution in [0.4, 0.5) is 0 Å². The van der Waals surface area contributed by atoms with Crippen LogP contribution in [0.15, 0.2) is 27.2 Å². The zero-order valence-electron chi connectivity index (χ0n) is 11.9. The standard InChI is InChI=1S/C13H15N3O4S2/c1-18-12(17)10-7-15(4-6-22-10)8-16-13(21)20-11(14-16)9-3-2-5-19-9/h2-3,5,10H,4,6-8H2,1H3/t10-/m1/s1. The molecule has 0 spiro atoms.